The average Bonchev–Trinajstić information content (AvgIpc) is 2.41. The summed E-state index contributed by atoms with van der Waals surface area (Å²) in [5.41, 5.74) is 0. The molecule has 11 heteroatoms. The molecule has 120 valence electrons. The van der Waals surface area contributed by atoms with Gasteiger partial charge in [0.15, 0.2) is 0 Å². The molecule has 0 unspecified atom stereocenters. The van der Waals surface area contributed by atoms with Crippen LogP contribution in [-0.2, 0) is 12.4 Å². The van der Waals surface area contributed by atoms with Gasteiger partial charge in [0, 0.05) is 0 Å². The fourth-order valence-electron chi connectivity index (χ4n) is 0.990. The third-order valence-corrected chi connectivity index (χ3v) is 9.43. The van der Waals surface area contributed by atoms with E-state index in [9.17, 15) is 0 Å². The van der Waals surface area contributed by atoms with Crippen LogP contribution in [0.3, 0.4) is 0 Å². The summed E-state index contributed by atoms with van der Waals surface area (Å²) < 4.78 is 48.2. The van der Waals surface area contributed by atoms with Crippen LogP contribution in [0, 0.1) is 0 Å². The molecule has 0 spiro atoms. The van der Waals surface area contributed by atoms with E-state index in [4.69, 9.17) is 46.4 Å². The summed E-state index contributed by atoms with van der Waals surface area (Å²) in [5, 5.41) is 0. The molecule has 0 amide bonds. The van der Waals surface area contributed by atoms with Crippen molar-refractivity contribution in [1.82, 2.24) is 0 Å². The maximum atomic E-state index is 15.0. The summed E-state index contributed by atoms with van der Waals surface area (Å²) in [4.78, 5) is 0. The van der Waals surface area contributed by atoms with Crippen LogP contribution in [0.15, 0.2) is 0 Å². The predicted octanol–water partition coefficient (Wildman–Crippen LogP) is 3.28. The third kappa shape index (κ3) is 6.96. The monoisotopic (exact) mass is 484 g/mol. The summed E-state index contributed by atoms with van der Waals surface area (Å²) >= 11 is 13.3. The van der Waals surface area contributed by atoms with Crippen LogP contribution in [0.2, 0.25) is 0 Å². The van der Waals surface area contributed by atoms with Crippen LogP contribution in [0.4, 0.5) is 5.78 Å². The molecule has 19 heavy (non-hydrogen) atoms. The molecular formula is C8H16Cl4F2O4Te. The van der Waals surface area contributed by atoms with E-state index >= 15 is 5.78 Å². The number of hydrogen-bond acceptors (Lipinski definition) is 4. The van der Waals surface area contributed by atoms with Crippen molar-refractivity contribution in [2.75, 3.05) is 49.9 Å². The third-order valence-electron chi connectivity index (χ3n) is 1.58. The van der Waals surface area contributed by atoms with Crippen molar-refractivity contribution in [2.45, 2.75) is 0 Å². The summed E-state index contributed by atoms with van der Waals surface area (Å²) in [6.45, 7) is -2.03. The first-order valence-electron chi connectivity index (χ1n) is 5.20. The topological polar surface area (TPSA) is 36.9 Å². The normalized spacial score (nSPS) is 16.1. The van der Waals surface area contributed by atoms with Gasteiger partial charge >= 0.3 is 133 Å². The van der Waals surface area contributed by atoms with Crippen molar-refractivity contribution in [3.05, 3.63) is 0 Å². The zero-order valence-corrected chi connectivity index (χ0v) is 15.3. The Balaban J connectivity index is 5.26. The van der Waals surface area contributed by atoms with E-state index in [-0.39, 0.29) is 23.5 Å². The molecule has 0 saturated heterocycles. The zero-order valence-electron chi connectivity index (χ0n) is 9.97. The van der Waals surface area contributed by atoms with Crippen molar-refractivity contribution in [2.24, 2.45) is 0 Å². The van der Waals surface area contributed by atoms with Crippen molar-refractivity contribution in [3.63, 3.8) is 0 Å². The summed E-state index contributed by atoms with van der Waals surface area (Å²) in [6, 6.07) is 0. The van der Waals surface area contributed by atoms with E-state index in [1.54, 1.807) is 0 Å². The van der Waals surface area contributed by atoms with Crippen LogP contribution in [0.5, 0.6) is 0 Å². The molecule has 0 rings (SSSR count). The molecule has 0 bridgehead atoms. The Labute approximate surface area is 132 Å². The minimum atomic E-state index is -8.10. The minimum absolute atomic E-state index is 0.184. The molecule has 0 atom stereocenters. The first-order valence-corrected chi connectivity index (χ1v) is 12.9. The van der Waals surface area contributed by atoms with Gasteiger partial charge in [-0.25, -0.2) is 0 Å². The van der Waals surface area contributed by atoms with Crippen LogP contribution in [0.25, 0.3) is 0 Å². The predicted molar refractivity (Wildman–Crippen MR) is 74.7 cm³/mol. The molecular weight excluding hydrogens is 467 g/mol. The summed E-state index contributed by atoms with van der Waals surface area (Å²) in [5.74, 6) is -0.736. The van der Waals surface area contributed by atoms with Crippen LogP contribution in [-0.4, -0.2) is 68.2 Å². The number of halogens is 6. The Hall–Kier alpha value is 1.65. The van der Waals surface area contributed by atoms with E-state index in [2.05, 4.69) is 12.4 Å². The second kappa shape index (κ2) is 8.33. The van der Waals surface area contributed by atoms with Gasteiger partial charge in [0.1, 0.15) is 0 Å². The van der Waals surface area contributed by atoms with Crippen LogP contribution < -0.4 is 0 Å². The van der Waals surface area contributed by atoms with Crippen molar-refractivity contribution in [1.29, 1.82) is 0 Å². The fraction of sp³-hybridized carbons (Fsp3) is 1.00. The second-order valence-corrected chi connectivity index (χ2v) is 12.8. The fourth-order valence-corrected chi connectivity index (χ4v) is 8.33. The van der Waals surface area contributed by atoms with Gasteiger partial charge in [0.05, 0.1) is 0 Å². The Morgan fingerprint density at radius 3 is 0.947 bits per heavy atom. The number of rotatable bonds is 12. The molecule has 0 aliphatic heterocycles. The van der Waals surface area contributed by atoms with Gasteiger partial charge in [-0.1, -0.05) is 0 Å². The molecule has 0 radical (unpaired) electrons. The second-order valence-electron chi connectivity index (χ2n) is 3.01. The quantitative estimate of drug-likeness (QED) is 0.315. The van der Waals surface area contributed by atoms with Gasteiger partial charge in [-0.05, 0) is 0 Å². The van der Waals surface area contributed by atoms with Gasteiger partial charge < -0.3 is 0 Å². The number of alkyl halides is 4. The van der Waals surface area contributed by atoms with Gasteiger partial charge in [0.2, 0.25) is 0 Å². The van der Waals surface area contributed by atoms with Gasteiger partial charge in [-0.2, -0.15) is 0 Å². The Kier molecular flexibility index (Phi) is 9.05. The molecule has 4 nitrogen and oxygen atoms in total. The van der Waals surface area contributed by atoms with Crippen LogP contribution in [0.1, 0.15) is 0 Å². The molecule has 0 aromatic rings. The molecule has 0 heterocycles. The van der Waals surface area contributed by atoms with Gasteiger partial charge in [-0.15, -0.1) is 0 Å². The van der Waals surface area contributed by atoms with E-state index in [0.29, 0.717) is 0 Å². The maximum absolute atomic E-state index is 15.0. The van der Waals surface area contributed by atoms with Crippen LogP contribution >= 0.6 is 46.4 Å². The van der Waals surface area contributed by atoms with Gasteiger partial charge in [0.25, 0.3) is 0 Å². The number of hydrogen-bond donors (Lipinski definition) is 0. The van der Waals surface area contributed by atoms with E-state index < -0.39 is 44.6 Å². The molecule has 0 saturated carbocycles. The summed E-state index contributed by atoms with van der Waals surface area (Å²) in [7, 11) is 0. The molecule has 0 aromatic carbocycles. The standard InChI is InChI=1S/C8H16Cl4F2O4Te/c9-1-5-15-19(13,14,16-6-2-10,17-7-3-11)18-8-4-12/h1-8H2. The first-order chi connectivity index (χ1) is 8.80. The Morgan fingerprint density at radius 1 is 0.579 bits per heavy atom. The molecule has 0 aliphatic carbocycles. The molecule has 0 aliphatic rings. The molecule has 0 N–H and O–H groups in total. The van der Waals surface area contributed by atoms with E-state index in [1.807, 2.05) is 0 Å². The Bertz CT molecular complexity index is 232. The van der Waals surface area contributed by atoms with E-state index in [0.717, 1.165) is 0 Å². The molecule has 0 aromatic heterocycles. The van der Waals surface area contributed by atoms with Gasteiger partial charge in [-0.3, -0.25) is 0 Å². The SMILES string of the molecule is F[Te](F)(OCCCl)(OCCCl)(OCCCl)OCCCl. The van der Waals surface area contributed by atoms with Crippen molar-refractivity contribution < 1.29 is 18.2 Å². The first kappa shape index (κ1) is 20.6. The zero-order chi connectivity index (χ0) is 14.9. The average molecular weight is 484 g/mol. The molecule has 0 fully saturated rings. The van der Waals surface area contributed by atoms with E-state index in [1.165, 1.54) is 0 Å². The summed E-state index contributed by atoms with van der Waals surface area (Å²) in [6.07, 6.45) is 0. The van der Waals surface area contributed by atoms with Crippen molar-refractivity contribution >= 4 is 64.6 Å². The van der Waals surface area contributed by atoms with Crippen molar-refractivity contribution in [3.8, 4) is 0 Å². The Morgan fingerprint density at radius 2 is 0.789 bits per heavy atom.